The summed E-state index contributed by atoms with van der Waals surface area (Å²) in [6, 6.07) is 13.9. The first kappa shape index (κ1) is 19.8. The zero-order valence-electron chi connectivity index (χ0n) is 17.7. The van der Waals surface area contributed by atoms with Crippen molar-refractivity contribution < 1.29 is 14.3 Å². The second kappa shape index (κ2) is 7.63. The SMILES string of the molecule is CCC1=NN2C(=N)/C(=C\c3cn(Cc4ccc5c(c4)OCO5)c4ccccc34)C(=O)N=C2S1. The maximum atomic E-state index is 12.8. The summed E-state index contributed by atoms with van der Waals surface area (Å²) in [7, 11) is 0. The molecule has 0 fully saturated rings. The number of para-hydroxylation sites is 1. The zero-order chi connectivity index (χ0) is 22.5. The predicted octanol–water partition coefficient (Wildman–Crippen LogP) is 4.45. The molecule has 3 aliphatic heterocycles. The van der Waals surface area contributed by atoms with Gasteiger partial charge >= 0.3 is 0 Å². The number of aromatic nitrogens is 1. The Hall–Kier alpha value is -3.85. The lowest BCUT2D eigenvalue weighted by Gasteiger charge is -2.20. The minimum atomic E-state index is -0.418. The van der Waals surface area contributed by atoms with Crippen molar-refractivity contribution in [2.24, 2.45) is 10.1 Å². The van der Waals surface area contributed by atoms with E-state index in [0.717, 1.165) is 45.0 Å². The van der Waals surface area contributed by atoms with Crippen LogP contribution in [0, 0.1) is 5.41 Å². The lowest BCUT2D eigenvalue weighted by atomic mass is 10.1. The molecule has 1 amide bonds. The van der Waals surface area contributed by atoms with E-state index in [1.165, 1.54) is 16.8 Å². The third-order valence-corrected chi connectivity index (χ3v) is 6.76. The van der Waals surface area contributed by atoms with E-state index in [1.54, 1.807) is 6.08 Å². The van der Waals surface area contributed by atoms with Gasteiger partial charge in [-0.05, 0) is 48.0 Å². The van der Waals surface area contributed by atoms with Gasteiger partial charge in [0.1, 0.15) is 5.04 Å². The molecule has 1 aromatic heterocycles. The number of carbonyl (C=O) groups is 1. The largest absolute Gasteiger partial charge is 0.454 e. The number of aliphatic imine (C=N–C) groups is 1. The molecule has 4 heterocycles. The Labute approximate surface area is 193 Å². The van der Waals surface area contributed by atoms with E-state index in [4.69, 9.17) is 14.9 Å². The van der Waals surface area contributed by atoms with Crippen molar-refractivity contribution in [1.82, 2.24) is 9.58 Å². The number of hydrogen-bond donors (Lipinski definition) is 1. The first-order valence-corrected chi connectivity index (χ1v) is 11.4. The van der Waals surface area contributed by atoms with E-state index >= 15 is 0 Å². The number of carbonyl (C=O) groups excluding carboxylic acids is 1. The molecule has 9 heteroatoms. The van der Waals surface area contributed by atoms with Crippen molar-refractivity contribution in [2.75, 3.05) is 6.79 Å². The van der Waals surface area contributed by atoms with Gasteiger partial charge in [0.15, 0.2) is 17.3 Å². The summed E-state index contributed by atoms with van der Waals surface area (Å²) < 4.78 is 13.1. The van der Waals surface area contributed by atoms with Crippen LogP contribution in [0.2, 0.25) is 0 Å². The maximum absolute atomic E-state index is 12.8. The highest BCUT2D eigenvalue weighted by Crippen LogP contribution is 2.34. The highest BCUT2D eigenvalue weighted by Gasteiger charge is 2.35. The van der Waals surface area contributed by atoms with E-state index in [1.807, 2.05) is 55.6 Å². The minimum absolute atomic E-state index is 0.0496. The van der Waals surface area contributed by atoms with Crippen LogP contribution in [0.15, 0.2) is 64.3 Å². The quantitative estimate of drug-likeness (QED) is 0.585. The third kappa shape index (κ3) is 3.32. The van der Waals surface area contributed by atoms with Crippen LogP contribution in [0.1, 0.15) is 24.5 Å². The van der Waals surface area contributed by atoms with E-state index in [0.29, 0.717) is 11.7 Å². The normalized spacial score (nSPS) is 18.2. The molecule has 0 saturated heterocycles. The Kier molecular flexibility index (Phi) is 4.58. The van der Waals surface area contributed by atoms with Crippen LogP contribution in [0.5, 0.6) is 11.5 Å². The number of nitrogens with zero attached hydrogens (tertiary/aromatic N) is 4. The molecule has 33 heavy (non-hydrogen) atoms. The molecule has 0 atom stereocenters. The number of benzene rings is 2. The van der Waals surface area contributed by atoms with Gasteiger partial charge < -0.3 is 14.0 Å². The molecule has 164 valence electrons. The average Bonchev–Trinajstić information content (AvgIpc) is 3.54. The molecular formula is C24H19N5O3S. The zero-order valence-corrected chi connectivity index (χ0v) is 18.6. The van der Waals surface area contributed by atoms with Gasteiger partial charge in [-0.25, -0.2) is 0 Å². The van der Waals surface area contributed by atoms with Crippen LogP contribution in [-0.4, -0.2) is 38.3 Å². The number of fused-ring (bicyclic) bond motifs is 3. The molecule has 6 rings (SSSR count). The number of hydrazone groups is 1. The van der Waals surface area contributed by atoms with Gasteiger partial charge in [0.25, 0.3) is 5.91 Å². The lowest BCUT2D eigenvalue weighted by Crippen LogP contribution is -2.35. The van der Waals surface area contributed by atoms with Gasteiger partial charge in [-0.2, -0.15) is 15.1 Å². The van der Waals surface area contributed by atoms with Crippen molar-refractivity contribution in [2.45, 2.75) is 19.9 Å². The molecule has 0 radical (unpaired) electrons. The maximum Gasteiger partial charge on any atom is 0.283 e. The Bertz CT molecular complexity index is 1440. The fourth-order valence-electron chi connectivity index (χ4n) is 4.09. The molecule has 8 nitrogen and oxygen atoms in total. The molecule has 0 bridgehead atoms. The summed E-state index contributed by atoms with van der Waals surface area (Å²) in [5.74, 6) is 1.13. The number of thioether (sulfide) groups is 1. The second-order valence-electron chi connectivity index (χ2n) is 7.78. The lowest BCUT2D eigenvalue weighted by molar-refractivity contribution is -0.114. The van der Waals surface area contributed by atoms with Gasteiger partial charge in [0, 0.05) is 29.2 Å². The molecule has 2 aromatic carbocycles. The first-order valence-electron chi connectivity index (χ1n) is 10.6. The van der Waals surface area contributed by atoms with Crippen LogP contribution in [0.4, 0.5) is 0 Å². The van der Waals surface area contributed by atoms with Crippen molar-refractivity contribution >= 4 is 50.7 Å². The number of amides is 1. The van der Waals surface area contributed by atoms with Crippen molar-refractivity contribution in [3.05, 3.63) is 65.4 Å². The third-order valence-electron chi connectivity index (χ3n) is 5.71. The van der Waals surface area contributed by atoms with Gasteiger partial charge in [0.2, 0.25) is 12.0 Å². The summed E-state index contributed by atoms with van der Waals surface area (Å²) in [6.45, 7) is 2.86. The molecule has 0 unspecified atom stereocenters. The van der Waals surface area contributed by atoms with Crippen LogP contribution < -0.4 is 9.47 Å². The van der Waals surface area contributed by atoms with E-state index in [9.17, 15) is 4.79 Å². The van der Waals surface area contributed by atoms with Crippen LogP contribution >= 0.6 is 11.8 Å². The molecular weight excluding hydrogens is 438 g/mol. The summed E-state index contributed by atoms with van der Waals surface area (Å²) in [6.07, 6.45) is 4.48. The summed E-state index contributed by atoms with van der Waals surface area (Å²) in [5, 5.41) is 16.7. The molecule has 3 aliphatic rings. The Morgan fingerprint density at radius 2 is 2.03 bits per heavy atom. The van der Waals surface area contributed by atoms with Gasteiger partial charge in [0.05, 0.1) is 5.57 Å². The highest BCUT2D eigenvalue weighted by atomic mass is 32.2. The van der Waals surface area contributed by atoms with Gasteiger partial charge in [-0.1, -0.05) is 31.2 Å². The van der Waals surface area contributed by atoms with Crippen LogP contribution in [-0.2, 0) is 11.3 Å². The Morgan fingerprint density at radius 1 is 1.18 bits per heavy atom. The standard InChI is InChI=1S/C24H19N5O3S/c1-2-21-27-29-22(25)17(23(30)26-24(29)33-21)10-15-12-28(18-6-4-3-5-16(15)18)11-14-7-8-19-20(9-14)32-13-31-19/h3-10,12,25H,2,11,13H2,1H3/b17-10+,25-22?. The van der Waals surface area contributed by atoms with Crippen molar-refractivity contribution in [3.8, 4) is 11.5 Å². The second-order valence-corrected chi connectivity index (χ2v) is 8.82. The monoisotopic (exact) mass is 457 g/mol. The molecule has 1 N–H and O–H groups in total. The Balaban J connectivity index is 1.39. The Morgan fingerprint density at radius 3 is 2.91 bits per heavy atom. The highest BCUT2D eigenvalue weighted by molar-refractivity contribution is 8.26. The molecule has 3 aromatic rings. The van der Waals surface area contributed by atoms with Crippen LogP contribution in [0.25, 0.3) is 17.0 Å². The number of nitrogens with one attached hydrogen (secondary N) is 1. The number of ether oxygens (including phenoxy) is 2. The van der Waals surface area contributed by atoms with Gasteiger partial charge in [-0.15, -0.1) is 0 Å². The minimum Gasteiger partial charge on any atom is -0.454 e. The number of hydrogen-bond acceptors (Lipinski definition) is 6. The van der Waals surface area contributed by atoms with Gasteiger partial charge in [-0.3, -0.25) is 10.2 Å². The number of rotatable bonds is 4. The van der Waals surface area contributed by atoms with Crippen LogP contribution in [0.3, 0.4) is 0 Å². The van der Waals surface area contributed by atoms with E-state index < -0.39 is 5.91 Å². The fourth-order valence-corrected chi connectivity index (χ4v) is 4.91. The summed E-state index contributed by atoms with van der Waals surface area (Å²) in [5.41, 5.74) is 3.19. The molecule has 0 saturated carbocycles. The summed E-state index contributed by atoms with van der Waals surface area (Å²) in [4.78, 5) is 16.9. The topological polar surface area (TPSA) is 92.3 Å². The average molecular weight is 458 g/mol. The fraction of sp³-hybridized carbons (Fsp3) is 0.167. The van der Waals surface area contributed by atoms with Crippen molar-refractivity contribution in [1.29, 1.82) is 5.41 Å². The smallest absolute Gasteiger partial charge is 0.283 e. The predicted molar refractivity (Wildman–Crippen MR) is 129 cm³/mol. The molecule has 0 aliphatic carbocycles. The number of amidine groups is 2. The molecule has 0 spiro atoms. The summed E-state index contributed by atoms with van der Waals surface area (Å²) >= 11 is 1.34. The van der Waals surface area contributed by atoms with E-state index in [2.05, 4.69) is 14.7 Å². The first-order chi connectivity index (χ1) is 16.1. The van der Waals surface area contributed by atoms with E-state index in [-0.39, 0.29) is 18.2 Å². The van der Waals surface area contributed by atoms with Crippen molar-refractivity contribution in [3.63, 3.8) is 0 Å².